The maximum Gasteiger partial charge on any atom is 0.134 e. The molecule has 0 aromatic carbocycles. The summed E-state index contributed by atoms with van der Waals surface area (Å²) in [5, 5.41) is 6.42. The van der Waals surface area contributed by atoms with Crippen molar-refractivity contribution in [2.24, 2.45) is 0 Å². The fraction of sp³-hybridized carbons (Fsp3) is 0.400. The molecular weight excluding hydrogens is 234 g/mol. The lowest BCUT2D eigenvalue weighted by molar-refractivity contribution is 0.474. The molecule has 0 bridgehead atoms. The van der Waals surface area contributed by atoms with Crippen molar-refractivity contribution in [1.82, 2.24) is 10.2 Å². The van der Waals surface area contributed by atoms with Crippen molar-refractivity contribution in [2.45, 2.75) is 13.6 Å². The lowest BCUT2D eigenvalue weighted by atomic mass is 10.4. The fourth-order valence-electron chi connectivity index (χ4n) is 0.554. The van der Waals surface area contributed by atoms with E-state index in [1.54, 1.807) is 0 Å². The summed E-state index contributed by atoms with van der Waals surface area (Å²) in [6, 6.07) is 0. The van der Waals surface area contributed by atoms with Gasteiger partial charge in [-0.1, -0.05) is 0 Å². The standard InChI is InChI=1S/C5H6FIN2/c1-3-5(7)4(2-6)9-8-3/h2H2,1H3,(H,8,9). The van der Waals surface area contributed by atoms with Gasteiger partial charge in [-0.25, -0.2) is 4.39 Å². The van der Waals surface area contributed by atoms with Gasteiger partial charge in [-0.3, -0.25) is 5.10 Å². The van der Waals surface area contributed by atoms with E-state index in [0.717, 1.165) is 9.26 Å². The van der Waals surface area contributed by atoms with Crippen LogP contribution in [-0.2, 0) is 6.67 Å². The van der Waals surface area contributed by atoms with Crippen molar-refractivity contribution in [3.63, 3.8) is 0 Å². The second-order valence-corrected chi connectivity index (χ2v) is 2.82. The molecule has 1 aromatic rings. The molecular formula is C5H6FIN2. The topological polar surface area (TPSA) is 28.7 Å². The first-order valence-corrected chi connectivity index (χ1v) is 3.59. The van der Waals surface area contributed by atoms with Gasteiger partial charge in [0, 0.05) is 5.69 Å². The van der Waals surface area contributed by atoms with Crippen LogP contribution in [-0.4, -0.2) is 10.2 Å². The number of aromatic amines is 1. The van der Waals surface area contributed by atoms with Gasteiger partial charge < -0.3 is 0 Å². The van der Waals surface area contributed by atoms with Crippen LogP contribution in [0, 0.1) is 10.5 Å². The van der Waals surface area contributed by atoms with E-state index in [0.29, 0.717) is 5.69 Å². The van der Waals surface area contributed by atoms with Gasteiger partial charge in [0.15, 0.2) is 0 Å². The average Bonchev–Trinajstić information content (AvgIpc) is 2.15. The van der Waals surface area contributed by atoms with Crippen LogP contribution in [0.25, 0.3) is 0 Å². The fourth-order valence-corrected chi connectivity index (χ4v) is 0.940. The van der Waals surface area contributed by atoms with Crippen molar-refractivity contribution in [2.75, 3.05) is 0 Å². The maximum atomic E-state index is 11.9. The molecule has 0 unspecified atom stereocenters. The third-order valence-corrected chi connectivity index (χ3v) is 2.50. The van der Waals surface area contributed by atoms with E-state index >= 15 is 0 Å². The molecule has 0 aliphatic rings. The highest BCUT2D eigenvalue weighted by atomic mass is 127. The summed E-state index contributed by atoms with van der Waals surface area (Å²) < 4.78 is 12.8. The zero-order valence-corrected chi connectivity index (χ0v) is 7.07. The van der Waals surface area contributed by atoms with Gasteiger partial charge >= 0.3 is 0 Å². The minimum absolute atomic E-state index is 0.484. The van der Waals surface area contributed by atoms with Gasteiger partial charge in [-0.05, 0) is 29.5 Å². The summed E-state index contributed by atoms with van der Waals surface area (Å²) in [6.07, 6.45) is 0. The predicted molar refractivity (Wildman–Crippen MR) is 40.9 cm³/mol. The monoisotopic (exact) mass is 240 g/mol. The van der Waals surface area contributed by atoms with Crippen LogP contribution in [0.15, 0.2) is 0 Å². The summed E-state index contributed by atoms with van der Waals surface area (Å²) in [6.45, 7) is 1.39. The van der Waals surface area contributed by atoms with E-state index in [2.05, 4.69) is 32.8 Å². The summed E-state index contributed by atoms with van der Waals surface area (Å²) in [7, 11) is 0. The number of H-pyrrole nitrogens is 1. The molecule has 0 spiro atoms. The molecule has 0 atom stereocenters. The highest BCUT2D eigenvalue weighted by Crippen LogP contribution is 2.13. The molecule has 0 amide bonds. The normalized spacial score (nSPS) is 10.1. The first-order chi connectivity index (χ1) is 4.25. The molecule has 9 heavy (non-hydrogen) atoms. The highest BCUT2D eigenvalue weighted by Gasteiger charge is 2.04. The van der Waals surface area contributed by atoms with Gasteiger partial charge in [-0.2, -0.15) is 5.10 Å². The van der Waals surface area contributed by atoms with Crippen molar-refractivity contribution in [1.29, 1.82) is 0 Å². The van der Waals surface area contributed by atoms with E-state index in [4.69, 9.17) is 0 Å². The van der Waals surface area contributed by atoms with Crippen LogP contribution in [0.1, 0.15) is 11.4 Å². The molecule has 1 aromatic heterocycles. The van der Waals surface area contributed by atoms with Crippen molar-refractivity contribution < 1.29 is 4.39 Å². The molecule has 0 fully saturated rings. The Morgan fingerprint density at radius 2 is 2.44 bits per heavy atom. The molecule has 1 rings (SSSR count). The Hall–Kier alpha value is -0.130. The van der Waals surface area contributed by atoms with Crippen LogP contribution in [0.5, 0.6) is 0 Å². The van der Waals surface area contributed by atoms with Crippen LogP contribution >= 0.6 is 22.6 Å². The Morgan fingerprint density at radius 3 is 2.67 bits per heavy atom. The van der Waals surface area contributed by atoms with Crippen LogP contribution in [0.3, 0.4) is 0 Å². The number of aromatic nitrogens is 2. The number of hydrogen-bond acceptors (Lipinski definition) is 1. The number of rotatable bonds is 1. The van der Waals surface area contributed by atoms with Crippen LogP contribution in [0.2, 0.25) is 0 Å². The van der Waals surface area contributed by atoms with Crippen molar-refractivity contribution in [3.05, 3.63) is 15.0 Å². The number of halogens is 2. The molecule has 4 heteroatoms. The minimum Gasteiger partial charge on any atom is -0.281 e. The molecule has 0 saturated carbocycles. The van der Waals surface area contributed by atoms with Crippen LogP contribution < -0.4 is 0 Å². The SMILES string of the molecule is Cc1[nH]nc(CF)c1I. The lowest BCUT2D eigenvalue weighted by Gasteiger charge is -1.84. The third-order valence-electron chi connectivity index (χ3n) is 1.07. The first-order valence-electron chi connectivity index (χ1n) is 2.51. The summed E-state index contributed by atoms with van der Waals surface area (Å²) in [4.78, 5) is 0. The van der Waals surface area contributed by atoms with Crippen LogP contribution in [0.4, 0.5) is 4.39 Å². The average molecular weight is 240 g/mol. The zero-order valence-electron chi connectivity index (χ0n) is 4.91. The summed E-state index contributed by atoms with van der Waals surface area (Å²) >= 11 is 2.07. The third kappa shape index (κ3) is 1.23. The minimum atomic E-state index is -0.484. The second-order valence-electron chi connectivity index (χ2n) is 1.74. The molecule has 1 N–H and O–H groups in total. The number of aryl methyl sites for hydroxylation is 1. The van der Waals surface area contributed by atoms with Gasteiger partial charge in [0.2, 0.25) is 0 Å². The van der Waals surface area contributed by atoms with E-state index in [1.807, 2.05) is 6.92 Å². The Kier molecular flexibility index (Phi) is 2.05. The predicted octanol–water partition coefficient (Wildman–Crippen LogP) is 1.79. The van der Waals surface area contributed by atoms with E-state index < -0.39 is 6.67 Å². The van der Waals surface area contributed by atoms with E-state index in [9.17, 15) is 4.39 Å². The van der Waals surface area contributed by atoms with Crippen molar-refractivity contribution >= 4 is 22.6 Å². The Morgan fingerprint density at radius 1 is 1.78 bits per heavy atom. The first kappa shape index (κ1) is 6.98. The van der Waals surface area contributed by atoms with Gasteiger partial charge in [0.1, 0.15) is 12.4 Å². The lowest BCUT2D eigenvalue weighted by Crippen LogP contribution is -1.80. The number of hydrogen-bond donors (Lipinski definition) is 1. The summed E-state index contributed by atoms with van der Waals surface area (Å²) in [5.41, 5.74) is 1.44. The van der Waals surface area contributed by atoms with Gasteiger partial charge in [0.25, 0.3) is 0 Å². The van der Waals surface area contributed by atoms with Gasteiger partial charge in [0.05, 0.1) is 3.57 Å². The molecule has 2 nitrogen and oxygen atoms in total. The molecule has 0 aliphatic heterocycles. The van der Waals surface area contributed by atoms with E-state index in [1.165, 1.54) is 0 Å². The van der Waals surface area contributed by atoms with E-state index in [-0.39, 0.29) is 0 Å². The Balaban J connectivity index is 3.04. The molecule has 0 saturated heterocycles. The number of nitrogens with one attached hydrogen (secondary N) is 1. The zero-order chi connectivity index (χ0) is 6.85. The Labute approximate surface area is 66.0 Å². The quantitative estimate of drug-likeness (QED) is 0.745. The smallest absolute Gasteiger partial charge is 0.134 e. The number of nitrogens with zero attached hydrogens (tertiary/aromatic N) is 1. The molecule has 1 heterocycles. The second kappa shape index (κ2) is 2.64. The maximum absolute atomic E-state index is 11.9. The largest absolute Gasteiger partial charge is 0.281 e. The summed E-state index contributed by atoms with van der Waals surface area (Å²) in [5.74, 6) is 0. The molecule has 50 valence electrons. The van der Waals surface area contributed by atoms with Gasteiger partial charge in [-0.15, -0.1) is 0 Å². The molecule has 0 radical (unpaired) electrons. The number of alkyl halides is 1. The highest BCUT2D eigenvalue weighted by molar-refractivity contribution is 14.1. The van der Waals surface area contributed by atoms with Crippen molar-refractivity contribution in [3.8, 4) is 0 Å². The molecule has 0 aliphatic carbocycles. The Bertz CT molecular complexity index is 209.